The van der Waals surface area contributed by atoms with Gasteiger partial charge in [-0.15, -0.1) is 0 Å². The lowest BCUT2D eigenvalue weighted by molar-refractivity contribution is -0.135. The summed E-state index contributed by atoms with van der Waals surface area (Å²) >= 11 is 0. The van der Waals surface area contributed by atoms with Crippen LogP contribution in [-0.2, 0) is 16.0 Å². The van der Waals surface area contributed by atoms with E-state index in [0.717, 1.165) is 40.7 Å². The standard InChI is InChI=1S/C24H26O4/c1-3-4-5-6-7-8-22(25)16-9-11-20-18(13-16)15-19-14-17(10-12-21(19)20)23(26)24(27)28-2/h9-14H,3-8,15H2,1-2H3. The first-order valence-corrected chi connectivity index (χ1v) is 9.97. The molecule has 0 unspecified atom stereocenters. The Bertz CT molecular complexity index is 911. The lowest BCUT2D eigenvalue weighted by Crippen LogP contribution is -2.15. The second kappa shape index (κ2) is 8.96. The summed E-state index contributed by atoms with van der Waals surface area (Å²) in [6, 6.07) is 11.1. The number of benzene rings is 2. The fraction of sp³-hybridized carbons (Fsp3) is 0.375. The van der Waals surface area contributed by atoms with E-state index in [-0.39, 0.29) is 5.78 Å². The van der Waals surface area contributed by atoms with Gasteiger partial charge in [-0.2, -0.15) is 0 Å². The molecule has 0 N–H and O–H groups in total. The zero-order valence-electron chi connectivity index (χ0n) is 16.5. The molecule has 2 aromatic rings. The highest BCUT2D eigenvalue weighted by Gasteiger charge is 2.23. The monoisotopic (exact) mass is 378 g/mol. The zero-order valence-corrected chi connectivity index (χ0v) is 16.5. The molecule has 1 aliphatic carbocycles. The molecule has 0 saturated heterocycles. The molecule has 3 rings (SSSR count). The van der Waals surface area contributed by atoms with Crippen LogP contribution in [0.2, 0.25) is 0 Å². The molecule has 0 spiro atoms. The Morgan fingerprint density at radius 1 is 0.857 bits per heavy atom. The van der Waals surface area contributed by atoms with E-state index in [1.165, 1.54) is 26.4 Å². The third-order valence-corrected chi connectivity index (χ3v) is 5.34. The summed E-state index contributed by atoms with van der Waals surface area (Å²) in [6.07, 6.45) is 6.91. The molecule has 0 fully saturated rings. The first-order valence-electron chi connectivity index (χ1n) is 9.97. The summed E-state index contributed by atoms with van der Waals surface area (Å²) in [5.41, 5.74) is 5.32. The van der Waals surface area contributed by atoms with Crippen molar-refractivity contribution in [1.29, 1.82) is 0 Å². The van der Waals surface area contributed by atoms with E-state index in [4.69, 9.17) is 0 Å². The molecule has 0 atom stereocenters. The van der Waals surface area contributed by atoms with Crippen LogP contribution in [0.25, 0.3) is 11.1 Å². The number of rotatable bonds is 9. The highest BCUT2D eigenvalue weighted by Crippen LogP contribution is 2.37. The van der Waals surface area contributed by atoms with Gasteiger partial charge in [-0.05, 0) is 47.2 Å². The van der Waals surface area contributed by atoms with Gasteiger partial charge in [0.1, 0.15) is 0 Å². The van der Waals surface area contributed by atoms with E-state index in [9.17, 15) is 14.4 Å². The molecule has 146 valence electrons. The van der Waals surface area contributed by atoms with E-state index in [1.807, 2.05) is 24.3 Å². The molecule has 1 aliphatic rings. The number of Topliss-reactive ketones (excluding diaryl/α,β-unsaturated/α-hetero) is 2. The van der Waals surface area contributed by atoms with Crippen molar-refractivity contribution in [3.05, 3.63) is 58.7 Å². The second-order valence-corrected chi connectivity index (χ2v) is 7.33. The summed E-state index contributed by atoms with van der Waals surface area (Å²) < 4.78 is 4.52. The van der Waals surface area contributed by atoms with Crippen molar-refractivity contribution in [2.24, 2.45) is 0 Å². The number of carbonyl (C=O) groups is 3. The lowest BCUT2D eigenvalue weighted by Gasteiger charge is -2.05. The largest absolute Gasteiger partial charge is 0.463 e. The zero-order chi connectivity index (χ0) is 20.1. The van der Waals surface area contributed by atoms with Gasteiger partial charge < -0.3 is 4.74 Å². The number of carbonyl (C=O) groups excluding carboxylic acids is 3. The highest BCUT2D eigenvalue weighted by atomic mass is 16.5. The topological polar surface area (TPSA) is 60.4 Å². The van der Waals surface area contributed by atoms with Crippen molar-refractivity contribution >= 4 is 17.5 Å². The minimum Gasteiger partial charge on any atom is -0.463 e. The smallest absolute Gasteiger partial charge is 0.379 e. The summed E-state index contributed by atoms with van der Waals surface area (Å²) in [5.74, 6) is -1.31. The molecule has 4 nitrogen and oxygen atoms in total. The van der Waals surface area contributed by atoms with Crippen LogP contribution in [0.5, 0.6) is 0 Å². The van der Waals surface area contributed by atoms with Crippen LogP contribution in [-0.4, -0.2) is 24.6 Å². The Hall–Kier alpha value is -2.75. The van der Waals surface area contributed by atoms with E-state index < -0.39 is 11.8 Å². The molecular weight excluding hydrogens is 352 g/mol. The van der Waals surface area contributed by atoms with Crippen molar-refractivity contribution in [3.8, 4) is 11.1 Å². The first-order chi connectivity index (χ1) is 13.5. The van der Waals surface area contributed by atoms with Crippen molar-refractivity contribution in [2.45, 2.75) is 51.9 Å². The Morgan fingerprint density at radius 3 is 2.11 bits per heavy atom. The number of hydrogen-bond donors (Lipinski definition) is 0. The van der Waals surface area contributed by atoms with Crippen LogP contribution >= 0.6 is 0 Å². The third kappa shape index (κ3) is 4.22. The normalized spacial score (nSPS) is 11.6. The first kappa shape index (κ1) is 20.0. The lowest BCUT2D eigenvalue weighted by atomic mass is 9.98. The van der Waals surface area contributed by atoms with Crippen LogP contribution in [0.1, 0.15) is 77.3 Å². The average Bonchev–Trinajstić information content (AvgIpc) is 3.09. The van der Waals surface area contributed by atoms with Gasteiger partial charge in [0, 0.05) is 17.5 Å². The molecule has 0 radical (unpaired) electrons. The Kier molecular flexibility index (Phi) is 6.40. The third-order valence-electron chi connectivity index (χ3n) is 5.34. The Morgan fingerprint density at radius 2 is 1.46 bits per heavy atom. The number of ketones is 2. The number of methoxy groups -OCH3 is 1. The van der Waals surface area contributed by atoms with Crippen molar-refractivity contribution < 1.29 is 19.1 Å². The number of fused-ring (bicyclic) bond motifs is 3. The van der Waals surface area contributed by atoms with Crippen LogP contribution in [0, 0.1) is 0 Å². The fourth-order valence-electron chi connectivity index (χ4n) is 3.77. The number of hydrogen-bond acceptors (Lipinski definition) is 4. The molecule has 0 amide bonds. The predicted molar refractivity (Wildman–Crippen MR) is 109 cm³/mol. The van der Waals surface area contributed by atoms with Gasteiger partial charge in [0.15, 0.2) is 5.78 Å². The summed E-state index contributed by atoms with van der Waals surface area (Å²) in [4.78, 5) is 36.0. The van der Waals surface area contributed by atoms with Crippen LogP contribution in [0.4, 0.5) is 0 Å². The van der Waals surface area contributed by atoms with Crippen molar-refractivity contribution in [2.75, 3.05) is 7.11 Å². The summed E-state index contributed by atoms with van der Waals surface area (Å²) in [6.45, 7) is 2.18. The molecular formula is C24H26O4. The Balaban J connectivity index is 1.71. The molecule has 0 aliphatic heterocycles. The van der Waals surface area contributed by atoms with Gasteiger partial charge in [-0.3, -0.25) is 9.59 Å². The minimum absolute atomic E-state index is 0.191. The van der Waals surface area contributed by atoms with Crippen LogP contribution < -0.4 is 0 Å². The van der Waals surface area contributed by atoms with E-state index in [1.54, 1.807) is 12.1 Å². The number of ether oxygens (including phenoxy) is 1. The molecule has 0 aromatic heterocycles. The number of esters is 1. The fourth-order valence-corrected chi connectivity index (χ4v) is 3.77. The van der Waals surface area contributed by atoms with E-state index in [0.29, 0.717) is 18.4 Å². The van der Waals surface area contributed by atoms with Crippen molar-refractivity contribution in [1.82, 2.24) is 0 Å². The maximum atomic E-state index is 12.5. The maximum absolute atomic E-state index is 12.5. The van der Waals surface area contributed by atoms with Gasteiger partial charge in [0.25, 0.3) is 5.78 Å². The van der Waals surface area contributed by atoms with Crippen LogP contribution in [0.3, 0.4) is 0 Å². The van der Waals surface area contributed by atoms with Gasteiger partial charge in [-0.25, -0.2) is 4.79 Å². The summed E-state index contributed by atoms with van der Waals surface area (Å²) in [5, 5.41) is 0. The predicted octanol–water partition coefficient (Wildman–Crippen LogP) is 5.16. The Labute approximate surface area is 165 Å². The van der Waals surface area contributed by atoms with Gasteiger partial charge in [0.05, 0.1) is 7.11 Å². The van der Waals surface area contributed by atoms with Gasteiger partial charge in [0.2, 0.25) is 0 Å². The van der Waals surface area contributed by atoms with Gasteiger partial charge >= 0.3 is 5.97 Å². The molecule has 0 saturated carbocycles. The molecule has 28 heavy (non-hydrogen) atoms. The average molecular weight is 378 g/mol. The van der Waals surface area contributed by atoms with Crippen molar-refractivity contribution in [3.63, 3.8) is 0 Å². The second-order valence-electron chi connectivity index (χ2n) is 7.33. The molecule has 4 heteroatoms. The van der Waals surface area contributed by atoms with E-state index >= 15 is 0 Å². The van der Waals surface area contributed by atoms with Crippen LogP contribution in [0.15, 0.2) is 36.4 Å². The minimum atomic E-state index is -0.859. The molecule has 2 aromatic carbocycles. The summed E-state index contributed by atoms with van der Waals surface area (Å²) in [7, 11) is 1.20. The number of unbranched alkanes of at least 4 members (excludes halogenated alkanes) is 4. The van der Waals surface area contributed by atoms with E-state index in [2.05, 4.69) is 11.7 Å². The molecule has 0 bridgehead atoms. The quantitative estimate of drug-likeness (QED) is 0.223. The SMILES string of the molecule is CCCCCCCC(=O)c1ccc2c(c1)Cc1cc(C(=O)C(=O)OC)ccc1-2. The highest BCUT2D eigenvalue weighted by molar-refractivity contribution is 6.40. The molecule has 0 heterocycles. The van der Waals surface area contributed by atoms with Gasteiger partial charge in [-0.1, -0.05) is 56.9 Å². The maximum Gasteiger partial charge on any atom is 0.379 e.